The summed E-state index contributed by atoms with van der Waals surface area (Å²) in [4.78, 5) is 15.1. The fourth-order valence-electron chi connectivity index (χ4n) is 3.63. The number of pyridine rings is 1. The van der Waals surface area contributed by atoms with E-state index in [2.05, 4.69) is 46.9 Å². The Bertz CT molecular complexity index is 778. The van der Waals surface area contributed by atoms with Gasteiger partial charge in [0.05, 0.1) is 11.7 Å². The first-order chi connectivity index (χ1) is 13.6. The number of aliphatic carboxylic acids is 1. The highest BCUT2D eigenvalue weighted by molar-refractivity contribution is 5.67. The van der Waals surface area contributed by atoms with Gasteiger partial charge < -0.3 is 21.1 Å². The lowest BCUT2D eigenvalue weighted by Crippen LogP contribution is -2.50. The van der Waals surface area contributed by atoms with Crippen molar-refractivity contribution in [2.75, 3.05) is 23.7 Å². The van der Waals surface area contributed by atoms with E-state index in [0.29, 0.717) is 18.4 Å². The fourth-order valence-corrected chi connectivity index (χ4v) is 3.63. The summed E-state index contributed by atoms with van der Waals surface area (Å²) in [6.45, 7) is 6.18. The lowest BCUT2D eigenvalue weighted by molar-refractivity contribution is -0.136. The maximum atomic E-state index is 10.7. The van der Waals surface area contributed by atoms with Crippen molar-refractivity contribution in [2.24, 2.45) is 0 Å². The van der Waals surface area contributed by atoms with Crippen molar-refractivity contribution in [3.63, 3.8) is 0 Å². The molecule has 1 aromatic heterocycles. The van der Waals surface area contributed by atoms with Crippen LogP contribution in [0.1, 0.15) is 43.7 Å². The van der Waals surface area contributed by atoms with Crippen LogP contribution in [0.5, 0.6) is 0 Å². The quantitative estimate of drug-likeness (QED) is 0.531. The molecule has 0 fully saturated rings. The third kappa shape index (κ3) is 5.23. The Morgan fingerprint density at radius 2 is 2.11 bits per heavy atom. The van der Waals surface area contributed by atoms with Crippen molar-refractivity contribution in [1.82, 2.24) is 10.3 Å². The summed E-state index contributed by atoms with van der Waals surface area (Å²) in [5.41, 5.74) is 3.40. The number of carboxylic acid groups (broad SMARTS) is 1. The van der Waals surface area contributed by atoms with Crippen LogP contribution in [0.3, 0.4) is 0 Å². The highest BCUT2D eigenvalue weighted by Gasteiger charge is 2.25. The molecular formula is C22H30N4O2. The van der Waals surface area contributed by atoms with E-state index in [-0.39, 0.29) is 12.5 Å². The summed E-state index contributed by atoms with van der Waals surface area (Å²) < 4.78 is 0. The van der Waals surface area contributed by atoms with Crippen LogP contribution in [-0.2, 0) is 11.2 Å². The Labute approximate surface area is 166 Å². The Hall–Kier alpha value is -2.60. The van der Waals surface area contributed by atoms with Crippen molar-refractivity contribution in [3.05, 3.63) is 53.7 Å². The topological polar surface area (TPSA) is 86.3 Å². The Morgan fingerprint density at radius 3 is 2.82 bits per heavy atom. The van der Waals surface area contributed by atoms with Crippen LogP contribution in [0.25, 0.3) is 0 Å². The largest absolute Gasteiger partial charge is 0.481 e. The number of carboxylic acids is 1. The van der Waals surface area contributed by atoms with E-state index in [1.165, 1.54) is 5.56 Å². The monoisotopic (exact) mass is 382 g/mol. The van der Waals surface area contributed by atoms with Crippen molar-refractivity contribution >= 4 is 17.5 Å². The second kappa shape index (κ2) is 9.55. The van der Waals surface area contributed by atoms with Gasteiger partial charge >= 0.3 is 5.97 Å². The zero-order chi connectivity index (χ0) is 19.9. The van der Waals surface area contributed by atoms with E-state index in [9.17, 15) is 4.79 Å². The molecule has 0 saturated carbocycles. The van der Waals surface area contributed by atoms with Gasteiger partial charge in [0.2, 0.25) is 0 Å². The molecule has 1 aliphatic rings. The van der Waals surface area contributed by atoms with Crippen LogP contribution in [-0.4, -0.2) is 41.2 Å². The second-order valence-electron chi connectivity index (χ2n) is 7.49. The molecule has 2 heterocycles. The number of carbonyl (C=O) groups is 1. The predicted molar refractivity (Wildman–Crippen MR) is 113 cm³/mol. The molecule has 0 radical (unpaired) electrons. The summed E-state index contributed by atoms with van der Waals surface area (Å²) in [5.74, 6) is 0.546. The number of hydrogen-bond donors (Lipinski definition) is 4. The zero-order valence-electron chi connectivity index (χ0n) is 16.6. The Morgan fingerprint density at radius 1 is 1.32 bits per heavy atom. The maximum Gasteiger partial charge on any atom is 0.303 e. The van der Waals surface area contributed by atoms with Gasteiger partial charge in [0.15, 0.2) is 0 Å². The molecule has 0 bridgehead atoms. The Balaban J connectivity index is 1.52. The lowest BCUT2D eigenvalue weighted by Gasteiger charge is -2.34. The minimum atomic E-state index is -0.754. The summed E-state index contributed by atoms with van der Waals surface area (Å²) >= 11 is 0. The molecule has 0 aliphatic carbocycles. The van der Waals surface area contributed by atoms with Gasteiger partial charge in [0.1, 0.15) is 5.82 Å². The number of fused-ring (bicyclic) bond motifs is 1. The SMILES string of the molecule is CC[C@@H](NC[C@@H](C)c1ccc(CCC(=O)O)cc1)[C@H]1CNc2cccnc2N1. The number of nitrogens with zero attached hydrogens (tertiary/aromatic N) is 1. The summed E-state index contributed by atoms with van der Waals surface area (Å²) in [7, 11) is 0. The van der Waals surface area contributed by atoms with E-state index >= 15 is 0 Å². The first kappa shape index (κ1) is 20.1. The van der Waals surface area contributed by atoms with E-state index < -0.39 is 5.97 Å². The van der Waals surface area contributed by atoms with Gasteiger partial charge in [-0.3, -0.25) is 4.79 Å². The third-order valence-electron chi connectivity index (χ3n) is 5.43. The smallest absolute Gasteiger partial charge is 0.303 e. The van der Waals surface area contributed by atoms with Gasteiger partial charge in [-0.15, -0.1) is 0 Å². The molecule has 1 aromatic carbocycles. The molecule has 150 valence electrons. The van der Waals surface area contributed by atoms with Gasteiger partial charge in [0, 0.05) is 31.7 Å². The van der Waals surface area contributed by atoms with Crippen LogP contribution in [0, 0.1) is 0 Å². The molecule has 4 N–H and O–H groups in total. The van der Waals surface area contributed by atoms with Crippen molar-refractivity contribution < 1.29 is 9.90 Å². The van der Waals surface area contributed by atoms with Gasteiger partial charge in [0.25, 0.3) is 0 Å². The maximum absolute atomic E-state index is 10.7. The molecule has 28 heavy (non-hydrogen) atoms. The highest BCUT2D eigenvalue weighted by atomic mass is 16.4. The fraction of sp³-hybridized carbons (Fsp3) is 0.455. The van der Waals surface area contributed by atoms with Crippen LogP contribution in [0.4, 0.5) is 11.5 Å². The van der Waals surface area contributed by atoms with Crippen molar-refractivity contribution in [3.8, 4) is 0 Å². The molecule has 3 rings (SSSR count). The van der Waals surface area contributed by atoms with Crippen LogP contribution < -0.4 is 16.0 Å². The minimum absolute atomic E-state index is 0.176. The molecule has 6 heteroatoms. The lowest BCUT2D eigenvalue weighted by atomic mass is 9.97. The molecule has 0 saturated heterocycles. The van der Waals surface area contributed by atoms with Gasteiger partial charge in [-0.1, -0.05) is 38.1 Å². The number of nitrogens with one attached hydrogen (secondary N) is 3. The van der Waals surface area contributed by atoms with Crippen LogP contribution >= 0.6 is 0 Å². The summed E-state index contributed by atoms with van der Waals surface area (Å²) in [5, 5.41) is 19.5. The molecule has 6 nitrogen and oxygen atoms in total. The average Bonchev–Trinajstić information content (AvgIpc) is 2.72. The van der Waals surface area contributed by atoms with Crippen molar-refractivity contribution in [1.29, 1.82) is 0 Å². The number of anilines is 2. The number of rotatable bonds is 9. The molecular weight excluding hydrogens is 352 g/mol. The molecule has 1 aliphatic heterocycles. The molecule has 0 unspecified atom stereocenters. The molecule has 0 amide bonds. The summed E-state index contributed by atoms with van der Waals surface area (Å²) in [6.07, 6.45) is 3.60. The van der Waals surface area contributed by atoms with Gasteiger partial charge in [-0.25, -0.2) is 4.98 Å². The molecule has 2 aromatic rings. The highest BCUT2D eigenvalue weighted by Crippen LogP contribution is 2.24. The first-order valence-corrected chi connectivity index (χ1v) is 10.1. The number of hydrogen-bond acceptors (Lipinski definition) is 5. The number of benzene rings is 1. The Kier molecular flexibility index (Phi) is 6.87. The van der Waals surface area contributed by atoms with Crippen molar-refractivity contribution in [2.45, 2.75) is 51.1 Å². The number of aryl methyl sites for hydroxylation is 1. The average molecular weight is 383 g/mol. The second-order valence-corrected chi connectivity index (χ2v) is 7.49. The van der Waals surface area contributed by atoms with Gasteiger partial charge in [-0.2, -0.15) is 0 Å². The minimum Gasteiger partial charge on any atom is -0.481 e. The molecule has 0 spiro atoms. The number of aromatic nitrogens is 1. The molecule has 3 atom stereocenters. The van der Waals surface area contributed by atoms with E-state index in [4.69, 9.17) is 5.11 Å². The van der Waals surface area contributed by atoms with E-state index in [1.54, 1.807) is 0 Å². The van der Waals surface area contributed by atoms with Crippen LogP contribution in [0.2, 0.25) is 0 Å². The first-order valence-electron chi connectivity index (χ1n) is 10.1. The zero-order valence-corrected chi connectivity index (χ0v) is 16.6. The predicted octanol–water partition coefficient (Wildman–Crippen LogP) is 3.48. The van der Waals surface area contributed by atoms with Crippen LogP contribution in [0.15, 0.2) is 42.6 Å². The third-order valence-corrected chi connectivity index (χ3v) is 5.43. The summed E-state index contributed by atoms with van der Waals surface area (Å²) in [6, 6.07) is 12.9. The normalized spacial score (nSPS) is 17.7. The van der Waals surface area contributed by atoms with E-state index in [1.807, 2.05) is 30.5 Å². The standard InChI is InChI=1S/C22H30N4O2/c1-3-18(20-14-25-19-5-4-12-23-22(19)26-20)24-13-15(2)17-9-6-16(7-10-17)8-11-21(27)28/h4-7,9-10,12,15,18,20,24-25H,3,8,11,13-14H2,1-2H3,(H,23,26)(H,27,28)/t15-,18-,20-/m1/s1. The van der Waals surface area contributed by atoms with E-state index in [0.717, 1.165) is 36.6 Å². The van der Waals surface area contributed by atoms with Gasteiger partial charge in [-0.05, 0) is 42.0 Å².